The van der Waals surface area contributed by atoms with Gasteiger partial charge in [-0.05, 0) is 29.8 Å². The number of imidazole rings is 1. The van der Waals surface area contributed by atoms with Gasteiger partial charge < -0.3 is 4.57 Å². The highest BCUT2D eigenvalue weighted by molar-refractivity contribution is 8.14. The van der Waals surface area contributed by atoms with Gasteiger partial charge in [0.15, 0.2) is 0 Å². The molecule has 0 bridgehead atoms. The number of benzene rings is 2. The molecule has 0 radical (unpaired) electrons. The summed E-state index contributed by atoms with van der Waals surface area (Å²) in [6.07, 6.45) is 5.04. The van der Waals surface area contributed by atoms with Gasteiger partial charge in [0.1, 0.15) is 5.50 Å². The molecular weight excluding hydrogens is 399 g/mol. The third-order valence-electron chi connectivity index (χ3n) is 3.59. The van der Waals surface area contributed by atoms with Crippen molar-refractivity contribution in [2.24, 2.45) is 0 Å². The lowest BCUT2D eigenvalue weighted by Crippen LogP contribution is -2.12. The van der Waals surface area contributed by atoms with E-state index in [1.807, 2.05) is 12.1 Å². The van der Waals surface area contributed by atoms with Crippen molar-refractivity contribution in [1.82, 2.24) is 9.55 Å². The summed E-state index contributed by atoms with van der Waals surface area (Å²) >= 11 is 19.9. The molecule has 0 saturated heterocycles. The van der Waals surface area contributed by atoms with Gasteiger partial charge in [-0.3, -0.25) is 4.79 Å². The third-order valence-corrected chi connectivity index (χ3v) is 6.01. The number of carbonyl (C=O) groups excluding carboxylic acids is 1. The predicted octanol–water partition coefficient (Wildman–Crippen LogP) is 6.24. The van der Waals surface area contributed by atoms with E-state index < -0.39 is 5.50 Å². The van der Waals surface area contributed by atoms with E-state index in [4.69, 9.17) is 34.8 Å². The highest BCUT2D eigenvalue weighted by atomic mass is 35.5. The zero-order chi connectivity index (χ0) is 17.8. The van der Waals surface area contributed by atoms with Crippen molar-refractivity contribution < 1.29 is 4.79 Å². The van der Waals surface area contributed by atoms with E-state index in [0.717, 1.165) is 17.3 Å². The molecule has 7 heteroatoms. The monoisotopic (exact) mass is 410 g/mol. The second-order valence-electron chi connectivity index (χ2n) is 5.24. The summed E-state index contributed by atoms with van der Waals surface area (Å²) in [7, 11) is 0. The molecule has 3 aromatic rings. The van der Waals surface area contributed by atoms with E-state index in [1.54, 1.807) is 59.7 Å². The normalized spacial score (nSPS) is 13.4. The number of thioether (sulfide) groups is 1. The maximum absolute atomic E-state index is 12.8. The first-order chi connectivity index (χ1) is 12.1. The molecule has 2 unspecified atom stereocenters. The summed E-state index contributed by atoms with van der Waals surface area (Å²) in [5.41, 5.74) is 0.853. The molecule has 0 N–H and O–H groups in total. The lowest BCUT2D eigenvalue weighted by molar-refractivity contribution is 0.108. The van der Waals surface area contributed by atoms with Crippen LogP contribution in [0.4, 0.5) is 0 Å². The molecule has 0 aliphatic heterocycles. The molecule has 0 aliphatic carbocycles. The van der Waals surface area contributed by atoms with Gasteiger partial charge in [0, 0.05) is 23.0 Å². The van der Waals surface area contributed by atoms with Crippen LogP contribution in [0.1, 0.15) is 26.7 Å². The van der Waals surface area contributed by atoms with Gasteiger partial charge in [-0.1, -0.05) is 70.8 Å². The number of aromatic nitrogens is 2. The fourth-order valence-electron chi connectivity index (χ4n) is 2.31. The molecule has 0 amide bonds. The third kappa shape index (κ3) is 4.39. The first-order valence-electron chi connectivity index (χ1n) is 7.39. The summed E-state index contributed by atoms with van der Waals surface area (Å²) in [6.45, 7) is 0. The number of rotatable bonds is 5. The molecule has 1 aromatic heterocycles. The highest BCUT2D eigenvalue weighted by Crippen LogP contribution is 2.43. The van der Waals surface area contributed by atoms with E-state index in [-0.39, 0.29) is 10.4 Å². The van der Waals surface area contributed by atoms with Crippen molar-refractivity contribution in [2.75, 3.05) is 0 Å². The van der Waals surface area contributed by atoms with Crippen LogP contribution in [0, 0.1) is 0 Å². The van der Waals surface area contributed by atoms with Crippen molar-refractivity contribution in [3.8, 4) is 0 Å². The zero-order valence-electron chi connectivity index (χ0n) is 12.9. The van der Waals surface area contributed by atoms with Gasteiger partial charge in [0.2, 0.25) is 5.12 Å². The van der Waals surface area contributed by atoms with Crippen LogP contribution in [0.15, 0.2) is 67.3 Å². The van der Waals surface area contributed by atoms with E-state index in [1.165, 1.54) is 0 Å². The molecule has 3 nitrogen and oxygen atoms in total. The Morgan fingerprint density at radius 1 is 1.08 bits per heavy atom. The Morgan fingerprint density at radius 3 is 2.44 bits per heavy atom. The average Bonchev–Trinajstić information content (AvgIpc) is 3.15. The van der Waals surface area contributed by atoms with E-state index in [2.05, 4.69) is 4.98 Å². The van der Waals surface area contributed by atoms with Crippen molar-refractivity contribution in [3.05, 3.63) is 88.4 Å². The largest absolute Gasteiger partial charge is 0.319 e. The van der Waals surface area contributed by atoms with Crippen molar-refractivity contribution in [2.45, 2.75) is 10.8 Å². The second kappa shape index (κ2) is 8.28. The van der Waals surface area contributed by atoms with Crippen molar-refractivity contribution >= 4 is 51.7 Å². The molecular formula is C18H13Cl3N2OS. The number of hydrogen-bond donors (Lipinski definition) is 0. The van der Waals surface area contributed by atoms with Gasteiger partial charge in [-0.25, -0.2) is 4.98 Å². The number of alkyl halides is 1. The minimum Gasteiger partial charge on any atom is -0.319 e. The fourth-order valence-corrected chi connectivity index (χ4v) is 4.21. The van der Waals surface area contributed by atoms with Gasteiger partial charge >= 0.3 is 0 Å². The Balaban J connectivity index is 1.92. The molecule has 0 spiro atoms. The highest BCUT2D eigenvalue weighted by Gasteiger charge is 2.27. The molecule has 0 saturated carbocycles. The lowest BCUT2D eigenvalue weighted by atomic mass is 10.1. The minimum atomic E-state index is -0.500. The van der Waals surface area contributed by atoms with Gasteiger partial charge in [0.05, 0.1) is 16.6 Å². The smallest absolute Gasteiger partial charge is 0.221 e. The number of carbonyl (C=O) groups is 1. The Labute approximate surface area is 164 Å². The van der Waals surface area contributed by atoms with Crippen LogP contribution < -0.4 is 0 Å². The Bertz CT molecular complexity index is 853. The van der Waals surface area contributed by atoms with E-state index in [0.29, 0.717) is 15.6 Å². The maximum atomic E-state index is 12.8. The van der Waals surface area contributed by atoms with Gasteiger partial charge in [0.25, 0.3) is 0 Å². The van der Waals surface area contributed by atoms with Gasteiger partial charge in [-0.15, -0.1) is 0 Å². The fraction of sp³-hybridized carbons (Fsp3) is 0.111. The summed E-state index contributed by atoms with van der Waals surface area (Å²) in [5, 5.41) is 0.565. The minimum absolute atomic E-state index is 0.142. The molecule has 3 rings (SSSR count). The summed E-state index contributed by atoms with van der Waals surface area (Å²) in [4.78, 5) is 16.8. The average molecular weight is 412 g/mol. The SMILES string of the molecule is O=C(SC(c1ccc(Cl)cc1)C(Cl)n1ccnc1)c1ccccc1Cl. The van der Waals surface area contributed by atoms with Crippen molar-refractivity contribution in [1.29, 1.82) is 0 Å². The molecule has 128 valence electrons. The molecule has 2 atom stereocenters. The topological polar surface area (TPSA) is 34.9 Å². The molecule has 0 aliphatic rings. The summed E-state index contributed by atoms with van der Waals surface area (Å²) in [6, 6.07) is 14.3. The molecule has 1 heterocycles. The Kier molecular flexibility index (Phi) is 6.07. The van der Waals surface area contributed by atoms with E-state index in [9.17, 15) is 4.79 Å². The van der Waals surface area contributed by atoms with Crippen LogP contribution in [0.2, 0.25) is 10.0 Å². The van der Waals surface area contributed by atoms with Crippen LogP contribution in [0.5, 0.6) is 0 Å². The molecule has 2 aromatic carbocycles. The summed E-state index contributed by atoms with van der Waals surface area (Å²) < 4.78 is 1.76. The summed E-state index contributed by atoms with van der Waals surface area (Å²) in [5.74, 6) is 0. The quantitative estimate of drug-likeness (QED) is 0.466. The van der Waals surface area contributed by atoms with Crippen LogP contribution >= 0.6 is 46.6 Å². The van der Waals surface area contributed by atoms with E-state index >= 15 is 0 Å². The van der Waals surface area contributed by atoms with Crippen molar-refractivity contribution in [3.63, 3.8) is 0 Å². The number of nitrogens with zero attached hydrogens (tertiary/aromatic N) is 2. The number of hydrogen-bond acceptors (Lipinski definition) is 3. The zero-order valence-corrected chi connectivity index (χ0v) is 15.9. The molecule has 0 fully saturated rings. The van der Waals surface area contributed by atoms with Crippen LogP contribution in [0.25, 0.3) is 0 Å². The lowest BCUT2D eigenvalue weighted by Gasteiger charge is -2.23. The van der Waals surface area contributed by atoms with Gasteiger partial charge in [-0.2, -0.15) is 0 Å². The van der Waals surface area contributed by atoms with Crippen LogP contribution in [-0.4, -0.2) is 14.7 Å². The maximum Gasteiger partial charge on any atom is 0.221 e. The first-order valence-corrected chi connectivity index (χ1v) is 9.46. The first kappa shape index (κ1) is 18.3. The predicted molar refractivity (Wildman–Crippen MR) is 105 cm³/mol. The molecule has 25 heavy (non-hydrogen) atoms. The van der Waals surface area contributed by atoms with Crippen LogP contribution in [-0.2, 0) is 0 Å². The van der Waals surface area contributed by atoms with Crippen LogP contribution in [0.3, 0.4) is 0 Å². The standard InChI is InChI=1S/C18H13Cl3N2OS/c19-13-7-5-12(6-8-13)16(17(21)23-10-9-22-11-23)25-18(24)14-3-1-2-4-15(14)20/h1-11,16-17H. The Hall–Kier alpha value is -1.46. The Morgan fingerprint density at radius 2 is 1.80 bits per heavy atom. The second-order valence-corrected chi connectivity index (χ2v) is 7.65. The number of halogens is 3.